The van der Waals surface area contributed by atoms with Crippen LogP contribution < -0.4 is 22.1 Å². The zero-order valence-electron chi connectivity index (χ0n) is 22.3. The predicted molar refractivity (Wildman–Crippen MR) is 140 cm³/mol. The van der Waals surface area contributed by atoms with Crippen LogP contribution in [0, 0.1) is 0 Å². The average Bonchev–Trinajstić information content (AvgIpc) is 2.83. The molecule has 0 amide bonds. The van der Waals surface area contributed by atoms with Gasteiger partial charge in [-0.15, -0.1) is 0 Å². The second kappa shape index (κ2) is 22.9. The molecule has 2 fully saturated rings. The molecule has 3 rings (SSSR count). The van der Waals surface area contributed by atoms with Crippen LogP contribution in [0.3, 0.4) is 0 Å². The number of aliphatic carboxylic acids is 4. The van der Waals surface area contributed by atoms with Crippen molar-refractivity contribution in [2.45, 2.75) is 101 Å². The topological polar surface area (TPSA) is 225 Å². The molecule has 1 aromatic carbocycles. The van der Waals surface area contributed by atoms with Crippen molar-refractivity contribution in [2.75, 3.05) is 0 Å². The zero-order chi connectivity index (χ0) is 28.5. The van der Waals surface area contributed by atoms with Crippen molar-refractivity contribution in [1.29, 1.82) is 0 Å². The summed E-state index contributed by atoms with van der Waals surface area (Å²) in [4.78, 5) is 37.7. The van der Waals surface area contributed by atoms with Crippen LogP contribution in [-0.2, 0) is 74.4 Å². The van der Waals surface area contributed by atoms with Gasteiger partial charge in [0.25, 0.3) is 0 Å². The summed E-state index contributed by atoms with van der Waals surface area (Å²) in [6, 6.07) is 10.5. The molecule has 0 aliphatic heterocycles. The van der Waals surface area contributed by atoms with Gasteiger partial charge < -0.3 is 42.5 Å². The molecule has 0 aromatic heterocycles. The number of carboxylic acids is 4. The first-order chi connectivity index (χ1) is 18.0. The first-order valence-corrected chi connectivity index (χ1v) is 12.9. The molecule has 0 heterocycles. The molecule has 2 aliphatic rings. The van der Waals surface area contributed by atoms with Crippen LogP contribution in [0.4, 0.5) is 0 Å². The monoisotopic (exact) mass is 928 g/mol. The Morgan fingerprint density at radius 2 is 0.875 bits per heavy atom. The smallest absolute Gasteiger partial charge is 0.314 e. The number of carbonyl (C=O) groups is 4. The van der Waals surface area contributed by atoms with Crippen molar-refractivity contribution in [1.82, 2.24) is 10.6 Å². The van der Waals surface area contributed by atoms with E-state index in [9.17, 15) is 19.2 Å². The fourth-order valence-electron chi connectivity index (χ4n) is 4.36. The maximum atomic E-state index is 9.43. The molecule has 234 valence electrons. The van der Waals surface area contributed by atoms with Crippen molar-refractivity contribution in [3.8, 4) is 0 Å². The van der Waals surface area contributed by atoms with E-state index < -0.39 is 36.7 Å². The van der Waals surface area contributed by atoms with Crippen molar-refractivity contribution >= 4 is 23.9 Å². The van der Waals surface area contributed by atoms with Gasteiger partial charge >= 0.3 is 23.9 Å². The third-order valence-electron chi connectivity index (χ3n) is 6.40. The number of carboxylic acid groups (broad SMARTS) is 4. The van der Waals surface area contributed by atoms with Gasteiger partial charge in [-0.1, -0.05) is 49.9 Å². The molecule has 4 atom stereocenters. The second-order valence-electron chi connectivity index (χ2n) is 9.62. The fraction of sp³-hybridized carbons (Fsp3) is 0.615. The molecule has 0 bridgehead atoms. The van der Waals surface area contributed by atoms with Crippen LogP contribution in [0.25, 0.3) is 0 Å². The van der Waals surface area contributed by atoms with E-state index >= 15 is 0 Å². The summed E-state index contributed by atoms with van der Waals surface area (Å²) in [5.74, 6) is -5.25. The van der Waals surface area contributed by atoms with E-state index in [0.29, 0.717) is 24.2 Å². The third kappa shape index (κ3) is 19.4. The SMILES string of the molecule is N[C@@H]1CCCC[C@H]1NCc1ccc(CN[C@H]2CCCC[C@@H]2N)cc1.O=C(O)CC(=O)O.O=C(O)CC(=O)O.[Pt].[Pt]. The molecule has 0 saturated heterocycles. The number of hydrogen-bond donors (Lipinski definition) is 8. The van der Waals surface area contributed by atoms with Crippen LogP contribution >= 0.6 is 0 Å². The molecule has 10 N–H and O–H groups in total. The van der Waals surface area contributed by atoms with Gasteiger partial charge in [-0.2, -0.15) is 0 Å². The molecule has 1 aromatic rings. The summed E-state index contributed by atoms with van der Waals surface area (Å²) in [5.41, 5.74) is 15.1. The van der Waals surface area contributed by atoms with Gasteiger partial charge in [0.05, 0.1) is 0 Å². The van der Waals surface area contributed by atoms with Gasteiger partial charge in [0.1, 0.15) is 12.8 Å². The van der Waals surface area contributed by atoms with E-state index in [1.807, 2.05) is 0 Å². The van der Waals surface area contributed by atoms with Crippen LogP contribution in [0.5, 0.6) is 0 Å². The quantitative estimate of drug-likeness (QED) is 0.157. The number of hydrogen-bond acceptors (Lipinski definition) is 8. The molecule has 0 spiro atoms. The van der Waals surface area contributed by atoms with E-state index in [-0.39, 0.29) is 42.1 Å². The van der Waals surface area contributed by atoms with E-state index in [0.717, 1.165) is 25.9 Å². The Morgan fingerprint density at radius 3 is 1.10 bits per heavy atom. The molecule has 12 nitrogen and oxygen atoms in total. The molecular formula is C26H42N4O8Pt2. The number of rotatable bonds is 10. The molecule has 2 saturated carbocycles. The van der Waals surface area contributed by atoms with Gasteiger partial charge in [-0.3, -0.25) is 19.2 Å². The summed E-state index contributed by atoms with van der Waals surface area (Å²) in [5, 5.41) is 38.1. The molecule has 0 unspecified atom stereocenters. The summed E-state index contributed by atoms with van der Waals surface area (Å²) in [6.45, 7) is 1.83. The minimum atomic E-state index is -1.31. The molecule has 0 radical (unpaired) electrons. The van der Waals surface area contributed by atoms with Crippen LogP contribution in [0.1, 0.15) is 75.3 Å². The van der Waals surface area contributed by atoms with Crippen LogP contribution in [0.15, 0.2) is 24.3 Å². The fourth-order valence-corrected chi connectivity index (χ4v) is 4.36. The standard InChI is InChI=1S/C20H34N4.2C3H4O4.2Pt/c21-17-5-1-3-7-19(17)23-13-15-9-11-16(12-10-15)14-24-20-8-4-2-6-18(20)22;2*4-2(5)1-3(6)7;;/h9-12,17-20,23-24H,1-8,13-14,21-22H2;2*1H2,(H,4,5)(H,6,7);;/t17-,18+,19-,20+;;;;. The molecule has 2 aliphatic carbocycles. The Morgan fingerprint density at radius 1 is 0.600 bits per heavy atom. The first-order valence-electron chi connectivity index (χ1n) is 12.9. The largest absolute Gasteiger partial charge is 0.481 e. The number of nitrogens with two attached hydrogens (primary N) is 2. The summed E-state index contributed by atoms with van der Waals surface area (Å²) >= 11 is 0. The zero-order valence-corrected chi connectivity index (χ0v) is 26.9. The van der Waals surface area contributed by atoms with E-state index in [2.05, 4.69) is 34.9 Å². The molecule has 14 heteroatoms. The van der Waals surface area contributed by atoms with Crippen molar-refractivity contribution in [2.24, 2.45) is 11.5 Å². The Balaban J connectivity index is 0. The van der Waals surface area contributed by atoms with Crippen LogP contribution in [0.2, 0.25) is 0 Å². The minimum absolute atomic E-state index is 0. The Bertz CT molecular complexity index is 797. The minimum Gasteiger partial charge on any atom is -0.481 e. The number of nitrogens with one attached hydrogen (secondary N) is 2. The van der Waals surface area contributed by atoms with Crippen molar-refractivity contribution in [3.63, 3.8) is 0 Å². The maximum Gasteiger partial charge on any atom is 0.314 e. The van der Waals surface area contributed by atoms with Gasteiger partial charge in [-0.05, 0) is 36.8 Å². The Kier molecular flexibility index (Phi) is 23.2. The van der Waals surface area contributed by atoms with Crippen molar-refractivity contribution in [3.05, 3.63) is 35.4 Å². The molecule has 40 heavy (non-hydrogen) atoms. The second-order valence-corrected chi connectivity index (χ2v) is 9.62. The third-order valence-corrected chi connectivity index (χ3v) is 6.40. The van der Waals surface area contributed by atoms with Crippen molar-refractivity contribution < 1.29 is 81.7 Å². The Hall–Kier alpha value is -1.68. The maximum absolute atomic E-state index is 9.43. The van der Waals surface area contributed by atoms with Gasteiger partial charge in [0.2, 0.25) is 0 Å². The van der Waals surface area contributed by atoms with Gasteiger partial charge in [0.15, 0.2) is 0 Å². The summed E-state index contributed by atoms with van der Waals surface area (Å²) in [6.07, 6.45) is 8.31. The Labute approximate surface area is 263 Å². The summed E-state index contributed by atoms with van der Waals surface area (Å²) < 4.78 is 0. The first kappa shape index (κ1) is 40.5. The van der Waals surface area contributed by atoms with Gasteiger partial charge in [0, 0.05) is 79.4 Å². The van der Waals surface area contributed by atoms with E-state index in [1.165, 1.54) is 49.7 Å². The average molecular weight is 929 g/mol. The molecular weight excluding hydrogens is 886 g/mol. The van der Waals surface area contributed by atoms with Crippen LogP contribution in [-0.4, -0.2) is 68.5 Å². The van der Waals surface area contributed by atoms with Gasteiger partial charge in [-0.25, -0.2) is 0 Å². The van der Waals surface area contributed by atoms with E-state index in [4.69, 9.17) is 31.9 Å². The van der Waals surface area contributed by atoms with E-state index in [1.54, 1.807) is 0 Å². The number of benzene rings is 1. The summed E-state index contributed by atoms with van der Waals surface area (Å²) in [7, 11) is 0. The predicted octanol–water partition coefficient (Wildman–Crippen LogP) is 1.49. The normalized spacial score (nSPS) is 21.4.